The number of hydrogen-bond donors (Lipinski definition) is 2. The minimum atomic E-state index is -1.02. The van der Waals surface area contributed by atoms with Gasteiger partial charge in [0.1, 0.15) is 5.76 Å². The van der Waals surface area contributed by atoms with Gasteiger partial charge < -0.3 is 20.2 Å². The Kier molecular flexibility index (Phi) is 3.75. The van der Waals surface area contributed by atoms with Crippen LogP contribution in [-0.4, -0.2) is 17.6 Å². The van der Waals surface area contributed by atoms with Gasteiger partial charge in [0.25, 0.3) is 0 Å². The molecular formula is C14H16N2O3. The first-order chi connectivity index (χ1) is 9.13. The summed E-state index contributed by atoms with van der Waals surface area (Å²) in [5.41, 5.74) is 7.05. The number of anilines is 2. The normalized spacial score (nSPS) is 10.4. The topological polar surface area (TPSA) is 79.7 Å². The van der Waals surface area contributed by atoms with Gasteiger partial charge in [-0.2, -0.15) is 0 Å². The van der Waals surface area contributed by atoms with Gasteiger partial charge in [-0.1, -0.05) is 6.07 Å². The molecule has 5 heteroatoms. The third-order valence-electron chi connectivity index (χ3n) is 2.96. The van der Waals surface area contributed by atoms with Crippen LogP contribution in [-0.2, 0) is 6.54 Å². The van der Waals surface area contributed by atoms with E-state index < -0.39 is 5.97 Å². The van der Waals surface area contributed by atoms with Crippen molar-refractivity contribution in [2.24, 2.45) is 0 Å². The molecule has 2 aromatic rings. The van der Waals surface area contributed by atoms with Gasteiger partial charge >= 0.3 is 5.97 Å². The highest BCUT2D eigenvalue weighted by molar-refractivity contribution is 5.97. The maximum Gasteiger partial charge on any atom is 0.337 e. The molecule has 0 saturated carbocycles. The van der Waals surface area contributed by atoms with E-state index >= 15 is 0 Å². The lowest BCUT2D eigenvalue weighted by molar-refractivity contribution is 0.0698. The molecule has 100 valence electrons. The fourth-order valence-corrected chi connectivity index (χ4v) is 1.97. The highest BCUT2D eigenvalue weighted by Crippen LogP contribution is 2.28. The molecule has 1 heterocycles. The van der Waals surface area contributed by atoms with Crippen molar-refractivity contribution in [3.8, 4) is 0 Å². The fraction of sp³-hybridized carbons (Fsp3) is 0.214. The molecule has 0 unspecified atom stereocenters. The van der Waals surface area contributed by atoms with Crippen molar-refractivity contribution in [2.75, 3.05) is 17.2 Å². The maximum absolute atomic E-state index is 11.1. The van der Waals surface area contributed by atoms with Crippen molar-refractivity contribution >= 4 is 17.3 Å². The number of para-hydroxylation sites is 1. The van der Waals surface area contributed by atoms with E-state index in [-0.39, 0.29) is 11.3 Å². The Morgan fingerprint density at radius 1 is 1.37 bits per heavy atom. The third kappa shape index (κ3) is 2.70. The number of hydrogen-bond acceptors (Lipinski definition) is 4. The standard InChI is InChI=1S/C14H16N2O3/c1-2-16(9-10-5-4-8-19-10)12-7-3-6-11(13(12)15)14(17)18/h3-8H,2,9,15H2,1H3,(H,17,18). The molecule has 0 fully saturated rings. The van der Waals surface area contributed by atoms with E-state index in [1.807, 2.05) is 30.0 Å². The summed E-state index contributed by atoms with van der Waals surface area (Å²) in [5.74, 6) is -0.213. The molecule has 0 aliphatic carbocycles. The maximum atomic E-state index is 11.1. The smallest absolute Gasteiger partial charge is 0.337 e. The highest BCUT2D eigenvalue weighted by atomic mass is 16.4. The SMILES string of the molecule is CCN(Cc1ccco1)c1cccc(C(=O)O)c1N. The molecule has 2 rings (SSSR count). The van der Waals surface area contributed by atoms with Crippen LogP contribution in [0.2, 0.25) is 0 Å². The summed E-state index contributed by atoms with van der Waals surface area (Å²) in [6.45, 7) is 3.24. The lowest BCUT2D eigenvalue weighted by Crippen LogP contribution is -2.23. The van der Waals surface area contributed by atoms with Gasteiger partial charge in [-0.15, -0.1) is 0 Å². The van der Waals surface area contributed by atoms with Gasteiger partial charge in [0.2, 0.25) is 0 Å². The van der Waals surface area contributed by atoms with Crippen LogP contribution >= 0.6 is 0 Å². The van der Waals surface area contributed by atoms with Crippen LogP contribution in [0.15, 0.2) is 41.0 Å². The van der Waals surface area contributed by atoms with Crippen molar-refractivity contribution in [3.05, 3.63) is 47.9 Å². The Labute approximate surface area is 111 Å². The molecule has 0 spiro atoms. The van der Waals surface area contributed by atoms with Gasteiger partial charge in [0.05, 0.1) is 29.7 Å². The lowest BCUT2D eigenvalue weighted by atomic mass is 10.1. The summed E-state index contributed by atoms with van der Waals surface area (Å²) in [4.78, 5) is 13.1. The quantitative estimate of drug-likeness (QED) is 0.808. The van der Waals surface area contributed by atoms with Gasteiger partial charge in [0, 0.05) is 6.54 Å². The Bertz CT molecular complexity index is 564. The first-order valence-electron chi connectivity index (χ1n) is 6.02. The zero-order valence-corrected chi connectivity index (χ0v) is 10.7. The molecule has 0 saturated heterocycles. The molecule has 0 radical (unpaired) electrons. The molecule has 1 aromatic carbocycles. The van der Waals surface area contributed by atoms with E-state index in [2.05, 4.69) is 0 Å². The number of carbonyl (C=O) groups is 1. The molecule has 1 aromatic heterocycles. The number of aromatic carboxylic acids is 1. The Balaban J connectivity index is 2.33. The van der Waals surface area contributed by atoms with Gasteiger partial charge in [-0.25, -0.2) is 4.79 Å². The van der Waals surface area contributed by atoms with Crippen LogP contribution in [0.4, 0.5) is 11.4 Å². The van der Waals surface area contributed by atoms with Gasteiger partial charge in [-0.05, 0) is 31.2 Å². The second-order valence-corrected chi connectivity index (χ2v) is 4.14. The van der Waals surface area contributed by atoms with Crippen LogP contribution in [0.25, 0.3) is 0 Å². The van der Waals surface area contributed by atoms with Crippen molar-refractivity contribution in [1.82, 2.24) is 0 Å². The summed E-state index contributed by atoms with van der Waals surface area (Å²) in [6.07, 6.45) is 1.61. The van der Waals surface area contributed by atoms with Crippen LogP contribution in [0.5, 0.6) is 0 Å². The largest absolute Gasteiger partial charge is 0.478 e. The molecule has 19 heavy (non-hydrogen) atoms. The Hall–Kier alpha value is -2.43. The summed E-state index contributed by atoms with van der Waals surface area (Å²) in [6, 6.07) is 8.70. The molecule has 0 atom stereocenters. The Morgan fingerprint density at radius 2 is 2.16 bits per heavy atom. The van der Waals surface area contributed by atoms with Crippen LogP contribution in [0.3, 0.4) is 0 Å². The molecule has 0 amide bonds. The van der Waals surface area contributed by atoms with E-state index in [1.54, 1.807) is 12.3 Å². The number of rotatable bonds is 5. The average Bonchev–Trinajstić information content (AvgIpc) is 2.89. The van der Waals surface area contributed by atoms with E-state index in [9.17, 15) is 4.79 Å². The summed E-state index contributed by atoms with van der Waals surface area (Å²) in [5, 5.41) is 9.08. The first kappa shape index (κ1) is 13.0. The van der Waals surface area contributed by atoms with Crippen molar-refractivity contribution < 1.29 is 14.3 Å². The minimum absolute atomic E-state index is 0.121. The zero-order chi connectivity index (χ0) is 13.8. The van der Waals surface area contributed by atoms with Crippen molar-refractivity contribution in [3.63, 3.8) is 0 Å². The number of furan rings is 1. The monoisotopic (exact) mass is 260 g/mol. The number of benzene rings is 1. The van der Waals surface area contributed by atoms with Gasteiger partial charge in [-0.3, -0.25) is 0 Å². The van der Waals surface area contributed by atoms with Crippen LogP contribution in [0, 0.1) is 0 Å². The summed E-state index contributed by atoms with van der Waals surface area (Å²) in [7, 11) is 0. The molecule has 0 aliphatic heterocycles. The zero-order valence-electron chi connectivity index (χ0n) is 10.7. The number of nitrogens with two attached hydrogens (primary N) is 1. The molecule has 0 bridgehead atoms. The second kappa shape index (κ2) is 5.48. The molecule has 3 N–H and O–H groups in total. The summed E-state index contributed by atoms with van der Waals surface area (Å²) < 4.78 is 5.31. The average molecular weight is 260 g/mol. The fourth-order valence-electron chi connectivity index (χ4n) is 1.97. The Morgan fingerprint density at radius 3 is 2.74 bits per heavy atom. The van der Waals surface area contributed by atoms with Crippen molar-refractivity contribution in [1.29, 1.82) is 0 Å². The summed E-state index contributed by atoms with van der Waals surface area (Å²) >= 11 is 0. The predicted octanol–water partition coefficient (Wildman–Crippen LogP) is 2.59. The predicted molar refractivity (Wildman–Crippen MR) is 73.2 cm³/mol. The minimum Gasteiger partial charge on any atom is -0.478 e. The van der Waals surface area contributed by atoms with Crippen LogP contribution in [0.1, 0.15) is 23.0 Å². The van der Waals surface area contributed by atoms with Crippen LogP contribution < -0.4 is 10.6 Å². The highest BCUT2D eigenvalue weighted by Gasteiger charge is 2.15. The second-order valence-electron chi connectivity index (χ2n) is 4.14. The number of carboxylic acid groups (broad SMARTS) is 1. The number of nitrogen functional groups attached to an aromatic ring is 1. The van der Waals surface area contributed by atoms with Crippen molar-refractivity contribution in [2.45, 2.75) is 13.5 Å². The third-order valence-corrected chi connectivity index (χ3v) is 2.96. The first-order valence-corrected chi connectivity index (χ1v) is 6.02. The van der Waals surface area contributed by atoms with E-state index in [0.717, 1.165) is 5.76 Å². The number of nitrogens with zero attached hydrogens (tertiary/aromatic N) is 1. The molecule has 0 aliphatic rings. The van der Waals surface area contributed by atoms with E-state index in [4.69, 9.17) is 15.3 Å². The van der Waals surface area contributed by atoms with Gasteiger partial charge in [0.15, 0.2) is 0 Å². The van der Waals surface area contributed by atoms with E-state index in [1.165, 1.54) is 6.07 Å². The molecular weight excluding hydrogens is 244 g/mol. The molecule has 5 nitrogen and oxygen atoms in total. The lowest BCUT2D eigenvalue weighted by Gasteiger charge is -2.24. The number of carboxylic acids is 1. The van der Waals surface area contributed by atoms with E-state index in [0.29, 0.717) is 18.8 Å².